The largest absolute Gasteiger partial charge is 0.383 e. The van der Waals surface area contributed by atoms with Gasteiger partial charge in [0, 0.05) is 36.6 Å². The van der Waals surface area contributed by atoms with Crippen LogP contribution in [0.15, 0.2) is 24.4 Å². The quantitative estimate of drug-likeness (QED) is 0.739. The Kier molecular flexibility index (Phi) is 2.40. The predicted octanol–water partition coefficient (Wildman–Crippen LogP) is 2.19. The molecule has 1 aromatic rings. The number of benzene rings is 1. The molecule has 1 N–H and O–H groups in total. The van der Waals surface area contributed by atoms with Gasteiger partial charge in [-0.25, -0.2) is 0 Å². The third-order valence-electron chi connectivity index (χ3n) is 2.15. The second-order valence-corrected chi connectivity index (χ2v) is 4.09. The highest BCUT2D eigenvalue weighted by Gasteiger charge is 2.24. The summed E-state index contributed by atoms with van der Waals surface area (Å²) < 4.78 is 0. The summed E-state index contributed by atoms with van der Waals surface area (Å²) in [5.74, 6) is -0.0824. The number of nitrogens with one attached hydrogen (secondary N) is 1. The molecule has 3 nitrogen and oxygen atoms in total. The molecule has 1 aliphatic heterocycles. The number of carbonyl (C=O) groups excluding carboxylic acids is 1. The molecular formula is C11H11ClN2O. The molecule has 1 heterocycles. The van der Waals surface area contributed by atoms with E-state index in [0.717, 1.165) is 11.3 Å². The highest BCUT2D eigenvalue weighted by Crippen LogP contribution is 2.33. The van der Waals surface area contributed by atoms with E-state index in [1.165, 1.54) is 0 Å². The molecule has 78 valence electrons. The fourth-order valence-corrected chi connectivity index (χ4v) is 1.72. The van der Waals surface area contributed by atoms with E-state index in [4.69, 9.17) is 11.6 Å². The van der Waals surface area contributed by atoms with Crippen molar-refractivity contribution in [2.45, 2.75) is 0 Å². The van der Waals surface area contributed by atoms with Gasteiger partial charge in [0.25, 0.3) is 5.91 Å². The Balaban J connectivity index is 2.53. The van der Waals surface area contributed by atoms with Gasteiger partial charge in [0.1, 0.15) is 0 Å². The van der Waals surface area contributed by atoms with Gasteiger partial charge in [0.15, 0.2) is 0 Å². The maximum absolute atomic E-state index is 11.6. The van der Waals surface area contributed by atoms with Crippen LogP contribution in [0.2, 0.25) is 5.02 Å². The fourth-order valence-electron chi connectivity index (χ4n) is 1.55. The van der Waals surface area contributed by atoms with Gasteiger partial charge in [-0.05, 0) is 18.2 Å². The SMILES string of the molecule is CN(C)C=C1C(=O)Nc2ccc(Cl)cc21. The molecule has 0 spiro atoms. The molecule has 0 saturated carbocycles. The minimum atomic E-state index is -0.0824. The molecule has 15 heavy (non-hydrogen) atoms. The molecule has 0 atom stereocenters. The van der Waals surface area contributed by atoms with Crippen LogP contribution in [0.5, 0.6) is 0 Å². The Morgan fingerprint density at radius 1 is 1.40 bits per heavy atom. The monoisotopic (exact) mass is 222 g/mol. The zero-order chi connectivity index (χ0) is 11.0. The van der Waals surface area contributed by atoms with Crippen molar-refractivity contribution in [1.82, 2.24) is 4.90 Å². The molecule has 0 radical (unpaired) electrons. The van der Waals surface area contributed by atoms with E-state index in [-0.39, 0.29) is 5.91 Å². The van der Waals surface area contributed by atoms with Crippen LogP contribution in [0.25, 0.3) is 5.57 Å². The lowest BCUT2D eigenvalue weighted by Crippen LogP contribution is -2.08. The van der Waals surface area contributed by atoms with Crippen LogP contribution in [-0.4, -0.2) is 24.9 Å². The summed E-state index contributed by atoms with van der Waals surface area (Å²) in [5.41, 5.74) is 2.33. The number of rotatable bonds is 1. The summed E-state index contributed by atoms with van der Waals surface area (Å²) in [4.78, 5) is 13.5. The first-order valence-electron chi connectivity index (χ1n) is 4.57. The summed E-state index contributed by atoms with van der Waals surface area (Å²) in [6, 6.07) is 5.37. The Morgan fingerprint density at radius 3 is 2.80 bits per heavy atom. The molecule has 0 bridgehead atoms. The van der Waals surface area contributed by atoms with Gasteiger partial charge < -0.3 is 10.2 Å². The van der Waals surface area contributed by atoms with Crippen molar-refractivity contribution in [3.63, 3.8) is 0 Å². The Hall–Kier alpha value is -1.48. The number of nitrogens with zero attached hydrogens (tertiary/aromatic N) is 1. The molecular weight excluding hydrogens is 212 g/mol. The first kappa shape index (κ1) is 10.1. The molecule has 1 aliphatic rings. The second-order valence-electron chi connectivity index (χ2n) is 3.65. The second kappa shape index (κ2) is 3.59. The third kappa shape index (κ3) is 1.83. The van der Waals surface area contributed by atoms with E-state index in [1.807, 2.05) is 25.1 Å². The number of halogens is 1. The van der Waals surface area contributed by atoms with E-state index < -0.39 is 0 Å². The molecule has 1 amide bonds. The fraction of sp³-hybridized carbons (Fsp3) is 0.182. The molecule has 0 unspecified atom stereocenters. The van der Waals surface area contributed by atoms with Crippen LogP contribution < -0.4 is 5.32 Å². The topological polar surface area (TPSA) is 32.3 Å². The van der Waals surface area contributed by atoms with E-state index >= 15 is 0 Å². The lowest BCUT2D eigenvalue weighted by atomic mass is 10.1. The van der Waals surface area contributed by atoms with Crippen LogP contribution in [0.3, 0.4) is 0 Å². The van der Waals surface area contributed by atoms with Crippen LogP contribution in [0.1, 0.15) is 5.56 Å². The first-order chi connectivity index (χ1) is 7.08. The molecule has 0 saturated heterocycles. The summed E-state index contributed by atoms with van der Waals surface area (Å²) in [7, 11) is 3.76. The molecule has 2 rings (SSSR count). The smallest absolute Gasteiger partial charge is 0.257 e. The van der Waals surface area contributed by atoms with E-state index in [2.05, 4.69) is 5.32 Å². The highest BCUT2D eigenvalue weighted by atomic mass is 35.5. The number of hydrogen-bond donors (Lipinski definition) is 1. The zero-order valence-corrected chi connectivity index (χ0v) is 9.30. The summed E-state index contributed by atoms with van der Waals surface area (Å²) in [6.07, 6.45) is 1.79. The van der Waals surface area contributed by atoms with Crippen LogP contribution >= 0.6 is 11.6 Å². The maximum atomic E-state index is 11.6. The maximum Gasteiger partial charge on any atom is 0.257 e. The molecule has 4 heteroatoms. The van der Waals surface area contributed by atoms with E-state index in [0.29, 0.717) is 10.6 Å². The van der Waals surface area contributed by atoms with Gasteiger partial charge >= 0.3 is 0 Å². The average Bonchev–Trinajstić information content (AvgIpc) is 2.43. The predicted molar refractivity (Wildman–Crippen MR) is 61.7 cm³/mol. The number of amides is 1. The molecule has 0 fully saturated rings. The van der Waals surface area contributed by atoms with Gasteiger partial charge in [-0.1, -0.05) is 11.6 Å². The average molecular weight is 223 g/mol. The number of fused-ring (bicyclic) bond motifs is 1. The van der Waals surface area contributed by atoms with Gasteiger partial charge in [-0.2, -0.15) is 0 Å². The lowest BCUT2D eigenvalue weighted by molar-refractivity contribution is -0.110. The van der Waals surface area contributed by atoms with Crippen molar-refractivity contribution in [2.75, 3.05) is 19.4 Å². The number of anilines is 1. The zero-order valence-electron chi connectivity index (χ0n) is 8.54. The van der Waals surface area contributed by atoms with E-state index in [9.17, 15) is 4.79 Å². The third-order valence-corrected chi connectivity index (χ3v) is 2.39. The van der Waals surface area contributed by atoms with Crippen LogP contribution in [0.4, 0.5) is 5.69 Å². The van der Waals surface area contributed by atoms with Crippen molar-refractivity contribution in [1.29, 1.82) is 0 Å². The van der Waals surface area contributed by atoms with Crippen LogP contribution in [0, 0.1) is 0 Å². The Bertz CT molecular complexity index is 452. The van der Waals surface area contributed by atoms with E-state index in [1.54, 1.807) is 18.3 Å². The molecule has 1 aromatic carbocycles. The molecule has 0 aliphatic carbocycles. The number of carbonyl (C=O) groups is 1. The Labute approximate surface area is 93.3 Å². The normalized spacial score (nSPS) is 16.5. The summed E-state index contributed by atoms with van der Waals surface area (Å²) in [6.45, 7) is 0. The minimum absolute atomic E-state index is 0.0824. The lowest BCUT2D eigenvalue weighted by Gasteiger charge is -2.06. The van der Waals surface area contributed by atoms with Crippen molar-refractivity contribution in [3.05, 3.63) is 35.0 Å². The highest BCUT2D eigenvalue weighted by molar-refractivity contribution is 6.34. The Morgan fingerprint density at radius 2 is 2.13 bits per heavy atom. The van der Waals surface area contributed by atoms with Crippen LogP contribution in [-0.2, 0) is 4.79 Å². The van der Waals surface area contributed by atoms with Crippen molar-refractivity contribution in [3.8, 4) is 0 Å². The minimum Gasteiger partial charge on any atom is -0.383 e. The van der Waals surface area contributed by atoms with Gasteiger partial charge in [-0.15, -0.1) is 0 Å². The molecule has 0 aromatic heterocycles. The first-order valence-corrected chi connectivity index (χ1v) is 4.95. The van der Waals surface area contributed by atoms with Gasteiger partial charge in [0.2, 0.25) is 0 Å². The summed E-state index contributed by atoms with van der Waals surface area (Å²) in [5, 5.41) is 3.42. The van der Waals surface area contributed by atoms with Gasteiger partial charge in [-0.3, -0.25) is 4.79 Å². The number of hydrogen-bond acceptors (Lipinski definition) is 2. The van der Waals surface area contributed by atoms with Crippen molar-refractivity contribution < 1.29 is 4.79 Å². The summed E-state index contributed by atoms with van der Waals surface area (Å²) >= 11 is 5.89. The van der Waals surface area contributed by atoms with Crippen molar-refractivity contribution in [2.24, 2.45) is 0 Å². The van der Waals surface area contributed by atoms with Crippen molar-refractivity contribution >= 4 is 28.8 Å². The standard InChI is InChI=1S/C11H11ClN2O/c1-14(2)6-9-8-5-7(12)3-4-10(8)13-11(9)15/h3-6H,1-2H3,(H,13,15). The van der Waals surface area contributed by atoms with Gasteiger partial charge in [0.05, 0.1) is 5.57 Å².